The second-order valence-corrected chi connectivity index (χ2v) is 11.8. The van der Waals surface area contributed by atoms with Gasteiger partial charge in [0.05, 0.1) is 37.0 Å². The van der Waals surface area contributed by atoms with Crippen molar-refractivity contribution in [3.8, 4) is 28.7 Å². The first kappa shape index (κ1) is 30.0. The Labute approximate surface area is 254 Å². The molecule has 5 heterocycles. The number of alkyl halides is 3. The molecular weight excluding hydrogens is 573 g/mol. The van der Waals surface area contributed by atoms with Crippen LogP contribution in [-0.2, 0) is 10.9 Å². The van der Waals surface area contributed by atoms with Crippen molar-refractivity contribution in [1.29, 1.82) is 0 Å². The van der Waals surface area contributed by atoms with Gasteiger partial charge in [-0.3, -0.25) is 0 Å². The van der Waals surface area contributed by atoms with E-state index in [1.54, 1.807) is 32.5 Å². The summed E-state index contributed by atoms with van der Waals surface area (Å²) in [6.45, 7) is 5.12. The quantitative estimate of drug-likeness (QED) is 0.227. The van der Waals surface area contributed by atoms with Crippen molar-refractivity contribution in [2.24, 2.45) is 5.41 Å². The number of piperidine rings is 1. The van der Waals surface area contributed by atoms with E-state index in [-0.39, 0.29) is 23.5 Å². The third kappa shape index (κ3) is 6.15. The van der Waals surface area contributed by atoms with Crippen molar-refractivity contribution >= 4 is 22.7 Å². The fourth-order valence-electron chi connectivity index (χ4n) is 6.21. The van der Waals surface area contributed by atoms with Crippen LogP contribution in [0, 0.1) is 5.41 Å². The highest BCUT2D eigenvalue weighted by atomic mass is 19.4. The number of imidazole rings is 1. The molecule has 0 aromatic carbocycles. The van der Waals surface area contributed by atoms with Crippen LogP contribution in [0.3, 0.4) is 0 Å². The van der Waals surface area contributed by atoms with E-state index in [1.165, 1.54) is 12.5 Å². The molecule has 0 unspecified atom stereocenters. The van der Waals surface area contributed by atoms with Gasteiger partial charge in [-0.15, -0.1) is 0 Å². The van der Waals surface area contributed by atoms with Crippen LogP contribution >= 0.6 is 0 Å². The van der Waals surface area contributed by atoms with Crippen molar-refractivity contribution in [2.45, 2.75) is 51.6 Å². The Balaban J connectivity index is 1.43. The van der Waals surface area contributed by atoms with Crippen LogP contribution in [0.15, 0.2) is 30.6 Å². The number of nitrogens with zero attached hydrogens (tertiary/aromatic N) is 7. The molecule has 234 valence electrons. The molecule has 2 fully saturated rings. The Morgan fingerprint density at radius 1 is 0.977 bits per heavy atom. The predicted molar refractivity (Wildman–Crippen MR) is 162 cm³/mol. The minimum absolute atomic E-state index is 0.000122. The number of methoxy groups -OCH3 is 1. The maximum atomic E-state index is 13.8. The van der Waals surface area contributed by atoms with E-state index in [9.17, 15) is 13.2 Å². The molecule has 1 saturated carbocycles. The number of halogens is 3. The minimum Gasteiger partial charge on any atom is -0.478 e. The second-order valence-electron chi connectivity index (χ2n) is 11.8. The summed E-state index contributed by atoms with van der Waals surface area (Å²) < 4.78 is 52.4. The maximum Gasteiger partial charge on any atom is 0.433 e. The van der Waals surface area contributed by atoms with Gasteiger partial charge in [0.1, 0.15) is 22.7 Å². The zero-order valence-electron chi connectivity index (χ0n) is 25.2. The van der Waals surface area contributed by atoms with Crippen LogP contribution in [-0.4, -0.2) is 76.9 Å². The molecular formula is C31H37F3N8O2. The summed E-state index contributed by atoms with van der Waals surface area (Å²) in [4.78, 5) is 30.2. The fourth-order valence-corrected chi connectivity index (χ4v) is 6.21. The predicted octanol–water partition coefficient (Wildman–Crippen LogP) is 6.14. The maximum absolute atomic E-state index is 13.8. The van der Waals surface area contributed by atoms with Gasteiger partial charge >= 0.3 is 6.18 Å². The van der Waals surface area contributed by atoms with Gasteiger partial charge in [-0.05, 0) is 51.2 Å². The number of H-pyrrole nitrogens is 1. The highest BCUT2D eigenvalue weighted by Gasteiger charge is 2.39. The Morgan fingerprint density at radius 2 is 1.77 bits per heavy atom. The molecule has 0 spiro atoms. The van der Waals surface area contributed by atoms with Crippen molar-refractivity contribution < 1.29 is 22.6 Å². The molecule has 1 aliphatic carbocycles. The van der Waals surface area contributed by atoms with Gasteiger partial charge in [-0.1, -0.05) is 6.42 Å². The molecule has 13 heteroatoms. The third-order valence-corrected chi connectivity index (χ3v) is 8.53. The van der Waals surface area contributed by atoms with Crippen LogP contribution in [0.25, 0.3) is 33.9 Å². The number of rotatable bonds is 10. The molecule has 0 bridgehead atoms. The second kappa shape index (κ2) is 12.2. The summed E-state index contributed by atoms with van der Waals surface area (Å²) in [5.74, 6) is 1.19. The van der Waals surface area contributed by atoms with Crippen molar-refractivity contribution in [2.75, 3.05) is 56.8 Å². The van der Waals surface area contributed by atoms with Crippen LogP contribution in [0.1, 0.15) is 51.1 Å². The first-order chi connectivity index (χ1) is 21.2. The Bertz CT molecular complexity index is 1600. The third-order valence-electron chi connectivity index (χ3n) is 8.53. The van der Waals surface area contributed by atoms with Gasteiger partial charge in [0, 0.05) is 50.8 Å². The van der Waals surface area contributed by atoms with Gasteiger partial charge in [0.15, 0.2) is 11.5 Å². The lowest BCUT2D eigenvalue weighted by Gasteiger charge is -2.44. The number of aromatic amines is 1. The number of ether oxygens (including phenoxy) is 2. The normalized spacial score (nSPS) is 16.6. The summed E-state index contributed by atoms with van der Waals surface area (Å²) in [6, 6.07) is 4.27. The lowest BCUT2D eigenvalue weighted by Crippen LogP contribution is -2.44. The van der Waals surface area contributed by atoms with E-state index < -0.39 is 11.9 Å². The zero-order chi connectivity index (χ0) is 30.9. The Morgan fingerprint density at radius 3 is 2.41 bits per heavy atom. The van der Waals surface area contributed by atoms with Crippen LogP contribution in [0.5, 0.6) is 5.88 Å². The molecule has 1 saturated heterocycles. The van der Waals surface area contributed by atoms with Gasteiger partial charge in [0.2, 0.25) is 5.88 Å². The highest BCUT2D eigenvalue weighted by Crippen LogP contribution is 2.43. The number of fused-ring (bicyclic) bond motifs is 1. The number of hydrogen-bond donors (Lipinski definition) is 1. The monoisotopic (exact) mass is 610 g/mol. The highest BCUT2D eigenvalue weighted by molar-refractivity contribution is 5.91. The van der Waals surface area contributed by atoms with Crippen molar-refractivity contribution in [1.82, 2.24) is 29.9 Å². The molecule has 0 radical (unpaired) electrons. The lowest BCUT2D eigenvalue weighted by atomic mass is 9.69. The number of hydrogen-bond acceptors (Lipinski definition) is 9. The summed E-state index contributed by atoms with van der Waals surface area (Å²) >= 11 is 0. The Hall–Kier alpha value is -4.00. The molecule has 6 rings (SSSR count). The molecule has 1 N–H and O–H groups in total. The van der Waals surface area contributed by atoms with Crippen molar-refractivity contribution in [3.05, 3.63) is 36.3 Å². The molecule has 0 amide bonds. The van der Waals surface area contributed by atoms with E-state index in [1.807, 2.05) is 7.05 Å². The van der Waals surface area contributed by atoms with E-state index in [0.717, 1.165) is 62.8 Å². The number of nitrogens with one attached hydrogen (secondary N) is 1. The van der Waals surface area contributed by atoms with Gasteiger partial charge in [-0.25, -0.2) is 24.9 Å². The average Bonchev–Trinajstić information content (AvgIpc) is 3.44. The smallest absolute Gasteiger partial charge is 0.433 e. The van der Waals surface area contributed by atoms with E-state index in [2.05, 4.69) is 29.7 Å². The standard InChI is InChI=1S/C31H37F3N8O2/c1-4-44-26-14-20(13-24(38-26)31(32,33)34)21-15-23(41(2)18-30(19-43-3)9-8-10-30)27-29(37-21)40-28(39-27)22-16-36-25(17-35-22)42-11-6-5-7-12-42/h13-17H,4-12,18-19H2,1-3H3,(H,37,39,40). The van der Waals surface area contributed by atoms with Crippen LogP contribution < -0.4 is 14.5 Å². The van der Waals surface area contributed by atoms with E-state index in [0.29, 0.717) is 41.5 Å². The summed E-state index contributed by atoms with van der Waals surface area (Å²) in [7, 11) is 3.68. The SMILES string of the molecule is CCOc1cc(-c2cc(N(C)CC3(COC)CCC3)c3[nH]c(-c4cnc(N5CCCCC5)cn4)nc3n2)cc(C(F)(F)F)n1. The largest absolute Gasteiger partial charge is 0.478 e. The van der Waals surface area contributed by atoms with Gasteiger partial charge < -0.3 is 24.3 Å². The molecule has 1 aliphatic heterocycles. The first-order valence-corrected chi connectivity index (χ1v) is 15.1. The Kier molecular flexibility index (Phi) is 8.32. The zero-order valence-corrected chi connectivity index (χ0v) is 25.2. The number of pyridine rings is 2. The molecule has 0 atom stereocenters. The molecule has 10 nitrogen and oxygen atoms in total. The minimum atomic E-state index is -4.65. The van der Waals surface area contributed by atoms with E-state index in [4.69, 9.17) is 19.4 Å². The summed E-state index contributed by atoms with van der Waals surface area (Å²) in [5.41, 5.74) is 1.85. The van der Waals surface area contributed by atoms with Gasteiger partial charge in [-0.2, -0.15) is 13.2 Å². The fraction of sp³-hybridized carbons (Fsp3) is 0.516. The topological polar surface area (TPSA) is 105 Å². The first-order valence-electron chi connectivity index (χ1n) is 15.1. The molecule has 2 aliphatic rings. The number of anilines is 2. The van der Waals surface area contributed by atoms with Gasteiger partial charge in [0.25, 0.3) is 0 Å². The molecule has 44 heavy (non-hydrogen) atoms. The molecule has 4 aromatic rings. The average molecular weight is 611 g/mol. The van der Waals surface area contributed by atoms with Crippen LogP contribution in [0.2, 0.25) is 0 Å². The summed E-state index contributed by atoms with van der Waals surface area (Å²) in [5, 5.41) is 0. The lowest BCUT2D eigenvalue weighted by molar-refractivity contribution is -0.141. The van der Waals surface area contributed by atoms with Crippen LogP contribution in [0.4, 0.5) is 24.7 Å². The summed E-state index contributed by atoms with van der Waals surface area (Å²) in [6.07, 6.45) is 5.51. The number of aromatic nitrogens is 6. The van der Waals surface area contributed by atoms with Crippen molar-refractivity contribution in [3.63, 3.8) is 0 Å². The van der Waals surface area contributed by atoms with E-state index >= 15 is 0 Å². The molecule has 4 aromatic heterocycles.